The Hall–Kier alpha value is -2.62. The Bertz CT molecular complexity index is 710. The van der Waals surface area contributed by atoms with Crippen LogP contribution in [0.4, 0.5) is 5.69 Å². The van der Waals surface area contributed by atoms with E-state index in [0.29, 0.717) is 18.5 Å². The number of rotatable bonds is 3. The van der Waals surface area contributed by atoms with Gasteiger partial charge in [0.05, 0.1) is 12.7 Å². The number of carbonyl (C=O) groups excluding carboxylic acids is 2. The zero-order valence-electron chi connectivity index (χ0n) is 12.4. The number of carbonyl (C=O) groups is 2. The Morgan fingerprint density at radius 3 is 2.50 bits per heavy atom. The molecule has 22 heavy (non-hydrogen) atoms. The quantitative estimate of drug-likeness (QED) is 0.816. The molecule has 0 bridgehead atoms. The lowest BCUT2D eigenvalue weighted by Gasteiger charge is -2.18. The first-order chi connectivity index (χ1) is 10.7. The van der Waals surface area contributed by atoms with Gasteiger partial charge in [-0.3, -0.25) is 4.79 Å². The van der Waals surface area contributed by atoms with E-state index in [-0.39, 0.29) is 5.91 Å². The Labute approximate surface area is 129 Å². The average molecular weight is 295 g/mol. The van der Waals surface area contributed by atoms with Gasteiger partial charge in [-0.05, 0) is 35.7 Å². The predicted octanol–water partition coefficient (Wildman–Crippen LogP) is 3.27. The van der Waals surface area contributed by atoms with Gasteiger partial charge >= 0.3 is 5.97 Å². The molecule has 0 aromatic heterocycles. The number of ether oxygens (including phenoxy) is 1. The highest BCUT2D eigenvalue weighted by atomic mass is 16.5. The first-order valence-electron chi connectivity index (χ1n) is 7.28. The molecule has 0 N–H and O–H groups in total. The van der Waals surface area contributed by atoms with Crippen molar-refractivity contribution in [3.05, 3.63) is 54.1 Å². The lowest BCUT2D eigenvalue weighted by molar-refractivity contribution is -0.117. The third kappa shape index (κ3) is 2.72. The second-order valence-electron chi connectivity index (χ2n) is 5.28. The van der Waals surface area contributed by atoms with Gasteiger partial charge in [0.1, 0.15) is 0 Å². The van der Waals surface area contributed by atoms with Gasteiger partial charge in [0.2, 0.25) is 5.91 Å². The van der Waals surface area contributed by atoms with Gasteiger partial charge in [0, 0.05) is 18.7 Å². The molecule has 1 aliphatic heterocycles. The fraction of sp³-hybridized carbons (Fsp3) is 0.222. The van der Waals surface area contributed by atoms with Crippen molar-refractivity contribution < 1.29 is 14.3 Å². The Morgan fingerprint density at radius 1 is 1.09 bits per heavy atom. The van der Waals surface area contributed by atoms with Gasteiger partial charge in [-0.2, -0.15) is 0 Å². The minimum atomic E-state index is -0.398. The molecule has 4 nitrogen and oxygen atoms in total. The van der Waals surface area contributed by atoms with Gasteiger partial charge in [0.25, 0.3) is 0 Å². The van der Waals surface area contributed by atoms with Crippen molar-refractivity contribution in [3.63, 3.8) is 0 Å². The zero-order chi connectivity index (χ0) is 15.5. The van der Waals surface area contributed by atoms with Crippen LogP contribution in [0, 0.1) is 0 Å². The smallest absolute Gasteiger partial charge is 0.337 e. The molecule has 0 unspecified atom stereocenters. The first kappa shape index (κ1) is 14.3. The Morgan fingerprint density at radius 2 is 1.86 bits per heavy atom. The van der Waals surface area contributed by atoms with E-state index in [1.54, 1.807) is 17.0 Å². The minimum absolute atomic E-state index is 0.0982. The topological polar surface area (TPSA) is 46.6 Å². The van der Waals surface area contributed by atoms with Crippen molar-refractivity contribution in [2.24, 2.45) is 0 Å². The summed E-state index contributed by atoms with van der Waals surface area (Å²) in [7, 11) is 1.36. The molecular weight excluding hydrogens is 278 g/mol. The van der Waals surface area contributed by atoms with Crippen molar-refractivity contribution in [1.29, 1.82) is 0 Å². The number of methoxy groups -OCH3 is 1. The van der Waals surface area contributed by atoms with Crippen molar-refractivity contribution in [3.8, 4) is 11.1 Å². The highest BCUT2D eigenvalue weighted by molar-refractivity contribution is 5.99. The molecule has 2 aromatic carbocycles. The van der Waals surface area contributed by atoms with Crippen LogP contribution in [0.25, 0.3) is 11.1 Å². The molecule has 1 fully saturated rings. The van der Waals surface area contributed by atoms with Crippen LogP contribution in [0.5, 0.6) is 0 Å². The maximum Gasteiger partial charge on any atom is 0.337 e. The highest BCUT2D eigenvalue weighted by Gasteiger charge is 2.23. The monoisotopic (exact) mass is 295 g/mol. The number of hydrogen-bond donors (Lipinski definition) is 0. The number of amides is 1. The second kappa shape index (κ2) is 6.02. The number of esters is 1. The van der Waals surface area contributed by atoms with Gasteiger partial charge < -0.3 is 9.64 Å². The van der Waals surface area contributed by atoms with Crippen molar-refractivity contribution in [2.75, 3.05) is 18.6 Å². The van der Waals surface area contributed by atoms with Crippen LogP contribution in [0.3, 0.4) is 0 Å². The zero-order valence-corrected chi connectivity index (χ0v) is 12.4. The summed E-state index contributed by atoms with van der Waals surface area (Å²) in [6.45, 7) is 0.692. The normalized spacial score (nSPS) is 14.2. The maximum atomic E-state index is 12.0. The summed E-state index contributed by atoms with van der Waals surface area (Å²) in [4.78, 5) is 25.6. The van der Waals surface area contributed by atoms with Crippen LogP contribution in [-0.2, 0) is 9.53 Å². The predicted molar refractivity (Wildman–Crippen MR) is 84.8 cm³/mol. The molecule has 2 aromatic rings. The third-order valence-corrected chi connectivity index (χ3v) is 3.83. The Balaban J connectivity index is 2.10. The summed E-state index contributed by atoms with van der Waals surface area (Å²) in [5.41, 5.74) is 3.11. The van der Waals surface area contributed by atoms with E-state index in [0.717, 1.165) is 23.2 Å². The molecule has 1 amide bonds. The Kier molecular flexibility index (Phi) is 3.92. The van der Waals surface area contributed by atoms with Gasteiger partial charge in [-0.1, -0.05) is 30.3 Å². The summed E-state index contributed by atoms with van der Waals surface area (Å²) in [6, 6.07) is 15.3. The molecule has 1 heterocycles. The average Bonchev–Trinajstić information content (AvgIpc) is 3.00. The first-order valence-corrected chi connectivity index (χ1v) is 7.28. The van der Waals surface area contributed by atoms with Crippen LogP contribution >= 0.6 is 0 Å². The van der Waals surface area contributed by atoms with Crippen molar-refractivity contribution in [1.82, 2.24) is 0 Å². The molecule has 0 saturated carbocycles. The van der Waals surface area contributed by atoms with Crippen LogP contribution < -0.4 is 4.90 Å². The molecule has 0 spiro atoms. The van der Waals surface area contributed by atoms with E-state index in [4.69, 9.17) is 4.74 Å². The summed E-state index contributed by atoms with van der Waals surface area (Å²) in [5, 5.41) is 0. The summed E-state index contributed by atoms with van der Waals surface area (Å²) < 4.78 is 4.83. The van der Waals surface area contributed by atoms with E-state index < -0.39 is 5.97 Å². The molecule has 1 saturated heterocycles. The SMILES string of the molecule is COC(=O)c1cc(-c2ccccc2)cc(N2CCCC2=O)c1. The maximum absolute atomic E-state index is 12.0. The molecular formula is C18H17NO3. The molecule has 0 atom stereocenters. The molecule has 3 rings (SSSR count). The summed E-state index contributed by atoms with van der Waals surface area (Å²) >= 11 is 0. The fourth-order valence-corrected chi connectivity index (χ4v) is 2.72. The van der Waals surface area contributed by atoms with Crippen LogP contribution in [-0.4, -0.2) is 25.5 Å². The van der Waals surface area contributed by atoms with Gasteiger partial charge in [-0.15, -0.1) is 0 Å². The number of benzene rings is 2. The summed E-state index contributed by atoms with van der Waals surface area (Å²) in [6.07, 6.45) is 1.41. The standard InChI is InChI=1S/C18H17NO3/c1-22-18(21)15-10-14(13-6-3-2-4-7-13)11-16(12-15)19-9-5-8-17(19)20/h2-4,6-7,10-12H,5,8-9H2,1H3. The van der Waals surface area contributed by atoms with Gasteiger partial charge in [-0.25, -0.2) is 4.79 Å². The number of nitrogens with zero attached hydrogens (tertiary/aromatic N) is 1. The van der Waals surface area contributed by atoms with Crippen LogP contribution in [0.1, 0.15) is 23.2 Å². The van der Waals surface area contributed by atoms with Crippen LogP contribution in [0.15, 0.2) is 48.5 Å². The number of hydrogen-bond acceptors (Lipinski definition) is 3. The lowest BCUT2D eigenvalue weighted by atomic mass is 10.0. The molecule has 4 heteroatoms. The van der Waals surface area contributed by atoms with Crippen molar-refractivity contribution in [2.45, 2.75) is 12.8 Å². The van der Waals surface area contributed by atoms with E-state index in [1.165, 1.54) is 7.11 Å². The minimum Gasteiger partial charge on any atom is -0.465 e. The van der Waals surface area contributed by atoms with E-state index in [1.807, 2.05) is 36.4 Å². The molecule has 1 aliphatic rings. The van der Waals surface area contributed by atoms with E-state index in [9.17, 15) is 9.59 Å². The molecule has 0 radical (unpaired) electrons. The third-order valence-electron chi connectivity index (χ3n) is 3.83. The summed E-state index contributed by atoms with van der Waals surface area (Å²) in [5.74, 6) is -0.299. The largest absolute Gasteiger partial charge is 0.465 e. The van der Waals surface area contributed by atoms with E-state index >= 15 is 0 Å². The molecule has 0 aliphatic carbocycles. The fourth-order valence-electron chi connectivity index (χ4n) is 2.72. The van der Waals surface area contributed by atoms with Crippen molar-refractivity contribution >= 4 is 17.6 Å². The van der Waals surface area contributed by atoms with Gasteiger partial charge in [0.15, 0.2) is 0 Å². The highest BCUT2D eigenvalue weighted by Crippen LogP contribution is 2.29. The molecule has 112 valence electrons. The van der Waals surface area contributed by atoms with E-state index in [2.05, 4.69) is 0 Å². The lowest BCUT2D eigenvalue weighted by Crippen LogP contribution is -2.24. The number of anilines is 1. The van der Waals surface area contributed by atoms with Crippen LogP contribution in [0.2, 0.25) is 0 Å². The second-order valence-corrected chi connectivity index (χ2v) is 5.28.